The first kappa shape index (κ1) is 16.6. The number of likely N-dealkylation sites (tertiary alicyclic amines) is 2. The molecule has 24 heavy (non-hydrogen) atoms. The maximum Gasteiger partial charge on any atom is 0.133 e. The molecule has 0 radical (unpaired) electrons. The van der Waals surface area contributed by atoms with Crippen LogP contribution in [0.3, 0.4) is 0 Å². The molecule has 3 aliphatic rings. The van der Waals surface area contributed by atoms with Gasteiger partial charge >= 0.3 is 0 Å². The Morgan fingerprint density at radius 1 is 1.29 bits per heavy atom. The summed E-state index contributed by atoms with van der Waals surface area (Å²) in [5, 5.41) is 4.13. The molecule has 0 bridgehead atoms. The van der Waals surface area contributed by atoms with E-state index in [1.165, 1.54) is 51.7 Å². The molecule has 5 heteroatoms. The van der Waals surface area contributed by atoms with Crippen LogP contribution in [0.25, 0.3) is 0 Å². The van der Waals surface area contributed by atoms with Crippen molar-refractivity contribution in [2.24, 2.45) is 11.3 Å². The molecule has 0 amide bonds. The fraction of sp³-hybridized carbons (Fsp3) is 0.842. The fourth-order valence-electron chi connectivity index (χ4n) is 4.49. The average molecular weight is 333 g/mol. The van der Waals surface area contributed by atoms with E-state index < -0.39 is 0 Å². The summed E-state index contributed by atoms with van der Waals surface area (Å²) in [6.07, 6.45) is 6.67. The Balaban J connectivity index is 1.25. The van der Waals surface area contributed by atoms with E-state index >= 15 is 0 Å². The Morgan fingerprint density at radius 2 is 2.08 bits per heavy atom. The highest BCUT2D eigenvalue weighted by molar-refractivity contribution is 5.04. The Labute approximate surface area is 145 Å². The van der Waals surface area contributed by atoms with Crippen LogP contribution in [-0.2, 0) is 11.3 Å². The molecule has 0 unspecified atom stereocenters. The Kier molecular flexibility index (Phi) is 4.67. The smallest absolute Gasteiger partial charge is 0.133 e. The second kappa shape index (κ2) is 6.77. The van der Waals surface area contributed by atoms with Crippen molar-refractivity contribution in [2.45, 2.75) is 51.6 Å². The summed E-state index contributed by atoms with van der Waals surface area (Å²) in [5.74, 6) is 1.78. The van der Waals surface area contributed by atoms with Gasteiger partial charge in [0.15, 0.2) is 0 Å². The molecule has 1 aromatic heterocycles. The lowest BCUT2D eigenvalue weighted by atomic mass is 9.76. The molecule has 0 N–H and O–H groups in total. The molecule has 1 spiro atoms. The fourth-order valence-corrected chi connectivity index (χ4v) is 4.49. The molecule has 3 fully saturated rings. The second-order valence-corrected chi connectivity index (χ2v) is 8.46. The average Bonchev–Trinajstić information content (AvgIpc) is 3.22. The minimum absolute atomic E-state index is 0.512. The first-order chi connectivity index (χ1) is 11.6. The van der Waals surface area contributed by atoms with Crippen molar-refractivity contribution in [3.05, 3.63) is 17.5 Å². The molecule has 1 aromatic rings. The van der Waals surface area contributed by atoms with Crippen molar-refractivity contribution in [3.63, 3.8) is 0 Å². The molecule has 4 rings (SSSR count). The molecule has 2 aliphatic heterocycles. The molecule has 0 aromatic carbocycles. The van der Waals surface area contributed by atoms with Crippen LogP contribution in [0.5, 0.6) is 0 Å². The Morgan fingerprint density at radius 3 is 2.75 bits per heavy atom. The second-order valence-electron chi connectivity index (χ2n) is 8.46. The highest BCUT2D eigenvalue weighted by Gasteiger charge is 2.44. The van der Waals surface area contributed by atoms with Gasteiger partial charge in [-0.25, -0.2) is 0 Å². The predicted molar refractivity (Wildman–Crippen MR) is 92.8 cm³/mol. The van der Waals surface area contributed by atoms with Crippen molar-refractivity contribution in [1.29, 1.82) is 0 Å². The summed E-state index contributed by atoms with van der Waals surface area (Å²) in [5.41, 5.74) is 1.58. The number of hydrogen-bond acceptors (Lipinski definition) is 5. The highest BCUT2D eigenvalue weighted by atomic mass is 16.5. The molecule has 1 saturated carbocycles. The van der Waals surface area contributed by atoms with Crippen LogP contribution in [0, 0.1) is 18.3 Å². The van der Waals surface area contributed by atoms with Crippen molar-refractivity contribution in [1.82, 2.24) is 15.0 Å². The number of likely N-dealkylation sites (N-methyl/N-ethyl adjacent to an activating group) is 1. The first-order valence-electron chi connectivity index (χ1n) is 9.54. The number of ether oxygens (including phenoxy) is 1. The molecule has 3 heterocycles. The summed E-state index contributed by atoms with van der Waals surface area (Å²) in [4.78, 5) is 5.07. The maximum atomic E-state index is 5.98. The van der Waals surface area contributed by atoms with Gasteiger partial charge in [0.1, 0.15) is 5.76 Å². The van der Waals surface area contributed by atoms with Crippen molar-refractivity contribution >= 4 is 0 Å². The number of hydrogen-bond donors (Lipinski definition) is 0. The molecule has 2 saturated heterocycles. The van der Waals surface area contributed by atoms with Crippen molar-refractivity contribution in [2.75, 3.05) is 39.9 Å². The standard InChI is InChI=1S/C19H31N3O2/c1-15-9-17(20-24-15)11-22-7-5-19(6-8-22)10-18(21(2)14-19)13-23-12-16-3-4-16/h9,16,18H,3-8,10-14H2,1-2H3/t18-/m0/s1. The van der Waals surface area contributed by atoms with E-state index in [1.807, 2.05) is 6.92 Å². The van der Waals surface area contributed by atoms with E-state index in [0.717, 1.165) is 37.1 Å². The minimum Gasteiger partial charge on any atom is -0.380 e. The maximum absolute atomic E-state index is 5.98. The molecule has 134 valence electrons. The van der Waals surface area contributed by atoms with Crippen LogP contribution in [0.1, 0.15) is 43.6 Å². The molecular weight excluding hydrogens is 302 g/mol. The molecule has 5 nitrogen and oxygen atoms in total. The molecular formula is C19H31N3O2. The lowest BCUT2D eigenvalue weighted by Gasteiger charge is -2.39. The zero-order valence-corrected chi connectivity index (χ0v) is 15.2. The van der Waals surface area contributed by atoms with Gasteiger partial charge < -0.3 is 14.2 Å². The largest absolute Gasteiger partial charge is 0.380 e. The van der Waals surface area contributed by atoms with Gasteiger partial charge in [0.25, 0.3) is 0 Å². The van der Waals surface area contributed by atoms with E-state index in [0.29, 0.717) is 11.5 Å². The summed E-state index contributed by atoms with van der Waals surface area (Å²) < 4.78 is 11.2. The number of aromatic nitrogens is 1. The van der Waals surface area contributed by atoms with Gasteiger partial charge in [-0.05, 0) is 70.5 Å². The normalized spacial score (nSPS) is 28.0. The van der Waals surface area contributed by atoms with Crippen LogP contribution in [-0.4, -0.2) is 60.9 Å². The number of rotatable bonds is 6. The topological polar surface area (TPSA) is 41.7 Å². The first-order valence-corrected chi connectivity index (χ1v) is 9.54. The predicted octanol–water partition coefficient (Wildman–Crippen LogP) is 2.70. The zero-order valence-electron chi connectivity index (χ0n) is 15.2. The number of piperidine rings is 1. The molecule has 1 aliphatic carbocycles. The van der Waals surface area contributed by atoms with Gasteiger partial charge in [-0.2, -0.15) is 0 Å². The van der Waals surface area contributed by atoms with Gasteiger partial charge in [-0.15, -0.1) is 0 Å². The summed E-state index contributed by atoms with van der Waals surface area (Å²) in [6.45, 7) is 8.39. The summed E-state index contributed by atoms with van der Waals surface area (Å²) in [6, 6.07) is 2.68. The minimum atomic E-state index is 0.512. The van der Waals surface area contributed by atoms with E-state index in [2.05, 4.69) is 28.1 Å². The quantitative estimate of drug-likeness (QED) is 0.801. The molecule has 1 atom stereocenters. The Bertz CT molecular complexity index is 547. The third-order valence-electron chi connectivity index (χ3n) is 6.22. The summed E-state index contributed by atoms with van der Waals surface area (Å²) >= 11 is 0. The van der Waals surface area contributed by atoms with Crippen LogP contribution >= 0.6 is 0 Å². The Hall–Kier alpha value is -0.910. The van der Waals surface area contributed by atoms with Gasteiger partial charge in [0.05, 0.1) is 12.3 Å². The summed E-state index contributed by atoms with van der Waals surface area (Å²) in [7, 11) is 2.28. The SMILES string of the molecule is Cc1cc(CN2CCC3(CC2)C[C@@H](COCC2CC2)N(C)C3)no1. The van der Waals surface area contributed by atoms with Crippen molar-refractivity contribution < 1.29 is 9.26 Å². The van der Waals surface area contributed by atoms with Crippen LogP contribution in [0.2, 0.25) is 0 Å². The lowest BCUT2D eigenvalue weighted by Crippen LogP contribution is -2.40. The third-order valence-corrected chi connectivity index (χ3v) is 6.22. The van der Waals surface area contributed by atoms with Gasteiger partial charge in [-0.1, -0.05) is 5.16 Å². The van der Waals surface area contributed by atoms with Gasteiger partial charge in [-0.3, -0.25) is 4.90 Å². The van der Waals surface area contributed by atoms with E-state index in [-0.39, 0.29) is 0 Å². The lowest BCUT2D eigenvalue weighted by molar-refractivity contribution is 0.0776. The third kappa shape index (κ3) is 3.84. The highest BCUT2D eigenvalue weighted by Crippen LogP contribution is 2.43. The van der Waals surface area contributed by atoms with E-state index in [4.69, 9.17) is 9.26 Å². The van der Waals surface area contributed by atoms with Gasteiger partial charge in [0, 0.05) is 31.8 Å². The zero-order chi connectivity index (χ0) is 16.6. The van der Waals surface area contributed by atoms with E-state index in [9.17, 15) is 0 Å². The van der Waals surface area contributed by atoms with Crippen LogP contribution in [0.4, 0.5) is 0 Å². The van der Waals surface area contributed by atoms with Crippen LogP contribution < -0.4 is 0 Å². The number of aryl methyl sites for hydroxylation is 1. The monoisotopic (exact) mass is 333 g/mol. The van der Waals surface area contributed by atoms with E-state index in [1.54, 1.807) is 0 Å². The van der Waals surface area contributed by atoms with Gasteiger partial charge in [0.2, 0.25) is 0 Å². The van der Waals surface area contributed by atoms with Crippen LogP contribution in [0.15, 0.2) is 10.6 Å². The number of nitrogens with zero attached hydrogens (tertiary/aromatic N) is 3. The van der Waals surface area contributed by atoms with Crippen molar-refractivity contribution in [3.8, 4) is 0 Å².